The summed E-state index contributed by atoms with van der Waals surface area (Å²) in [7, 11) is 3.13. The second kappa shape index (κ2) is 7.85. The summed E-state index contributed by atoms with van der Waals surface area (Å²) in [5, 5.41) is 2.89. The molecule has 0 bridgehead atoms. The van der Waals surface area contributed by atoms with Gasteiger partial charge in [-0.1, -0.05) is 0 Å². The van der Waals surface area contributed by atoms with Crippen molar-refractivity contribution in [3.05, 3.63) is 42.1 Å². The van der Waals surface area contributed by atoms with E-state index in [1.807, 2.05) is 0 Å². The number of hydrogen-bond donors (Lipinski definition) is 1. The Kier molecular flexibility index (Phi) is 5.35. The molecule has 0 unspecified atom stereocenters. The number of rotatable bonds is 5. The van der Waals surface area contributed by atoms with Gasteiger partial charge in [-0.05, 0) is 12.1 Å². The molecule has 0 aliphatic carbocycles. The van der Waals surface area contributed by atoms with Crippen LogP contribution in [0.15, 0.2) is 36.5 Å². The fourth-order valence-corrected chi connectivity index (χ4v) is 2.68. The molecule has 1 aliphatic heterocycles. The van der Waals surface area contributed by atoms with Crippen LogP contribution in [-0.2, 0) is 4.74 Å². The summed E-state index contributed by atoms with van der Waals surface area (Å²) in [6, 6.07) is 8.75. The topological polar surface area (TPSA) is 72.9 Å². The molecule has 2 heterocycles. The number of hydrogen-bond acceptors (Lipinski definition) is 6. The molecule has 1 fully saturated rings. The molecule has 1 amide bonds. The predicted molar refractivity (Wildman–Crippen MR) is 94.8 cm³/mol. The maximum atomic E-state index is 12.8. The van der Waals surface area contributed by atoms with Crippen molar-refractivity contribution in [3.8, 4) is 11.5 Å². The number of pyridine rings is 1. The lowest BCUT2D eigenvalue weighted by molar-refractivity contribution is 0.102. The number of nitrogens with zero attached hydrogens (tertiary/aromatic N) is 2. The zero-order chi connectivity index (χ0) is 17.6. The van der Waals surface area contributed by atoms with Crippen LogP contribution in [0.1, 0.15) is 10.4 Å². The first-order valence-corrected chi connectivity index (χ1v) is 8.03. The van der Waals surface area contributed by atoms with E-state index in [4.69, 9.17) is 14.2 Å². The molecule has 132 valence electrons. The average Bonchev–Trinajstić information content (AvgIpc) is 2.68. The number of nitrogens with one attached hydrogen (secondary N) is 1. The van der Waals surface area contributed by atoms with Gasteiger partial charge in [0, 0.05) is 43.2 Å². The van der Waals surface area contributed by atoms with Crippen molar-refractivity contribution in [1.82, 2.24) is 4.98 Å². The van der Waals surface area contributed by atoms with Crippen LogP contribution in [0.3, 0.4) is 0 Å². The lowest BCUT2D eigenvalue weighted by Gasteiger charge is -2.29. The number of carbonyl (C=O) groups excluding carboxylic acids is 1. The summed E-state index contributed by atoms with van der Waals surface area (Å²) in [6.45, 7) is 2.68. The standard InChI is InChI=1S/C18H21N3O4/c1-23-14-10-13(11-15(12-14)24-2)20-18(22)16-4-3-5-19-17(16)21-6-8-25-9-7-21/h3-5,10-12H,6-9H2,1-2H3,(H,20,22). The Morgan fingerprint density at radius 1 is 1.16 bits per heavy atom. The predicted octanol–water partition coefficient (Wildman–Crippen LogP) is 2.19. The first kappa shape index (κ1) is 17.0. The van der Waals surface area contributed by atoms with E-state index in [2.05, 4.69) is 15.2 Å². The third-order valence-corrected chi connectivity index (χ3v) is 3.95. The molecule has 1 aromatic heterocycles. The minimum absolute atomic E-state index is 0.232. The average molecular weight is 343 g/mol. The first-order chi connectivity index (χ1) is 12.2. The lowest BCUT2D eigenvalue weighted by Crippen LogP contribution is -2.38. The van der Waals surface area contributed by atoms with E-state index in [9.17, 15) is 4.79 Å². The Morgan fingerprint density at radius 3 is 2.48 bits per heavy atom. The number of aromatic nitrogens is 1. The van der Waals surface area contributed by atoms with Crippen LogP contribution in [-0.4, -0.2) is 51.4 Å². The van der Waals surface area contributed by atoms with Crippen molar-refractivity contribution in [3.63, 3.8) is 0 Å². The van der Waals surface area contributed by atoms with E-state index in [1.54, 1.807) is 50.7 Å². The first-order valence-electron chi connectivity index (χ1n) is 8.03. The molecule has 3 rings (SSSR count). The minimum Gasteiger partial charge on any atom is -0.497 e. The highest BCUT2D eigenvalue weighted by atomic mass is 16.5. The molecule has 1 N–H and O–H groups in total. The van der Waals surface area contributed by atoms with Crippen molar-refractivity contribution in [2.45, 2.75) is 0 Å². The van der Waals surface area contributed by atoms with Crippen LogP contribution in [0.25, 0.3) is 0 Å². The zero-order valence-corrected chi connectivity index (χ0v) is 14.3. The molecule has 7 heteroatoms. The Morgan fingerprint density at radius 2 is 1.84 bits per heavy atom. The maximum Gasteiger partial charge on any atom is 0.259 e. The Bertz CT molecular complexity index is 723. The van der Waals surface area contributed by atoms with E-state index in [1.165, 1.54) is 0 Å². The second-order valence-corrected chi connectivity index (χ2v) is 5.53. The fraction of sp³-hybridized carbons (Fsp3) is 0.333. The number of ether oxygens (including phenoxy) is 3. The monoisotopic (exact) mass is 343 g/mol. The third kappa shape index (κ3) is 4.00. The van der Waals surface area contributed by atoms with Gasteiger partial charge < -0.3 is 24.4 Å². The van der Waals surface area contributed by atoms with Crippen molar-refractivity contribution in [2.75, 3.05) is 50.7 Å². The van der Waals surface area contributed by atoms with Crippen molar-refractivity contribution >= 4 is 17.4 Å². The van der Waals surface area contributed by atoms with Gasteiger partial charge in [-0.15, -0.1) is 0 Å². The van der Waals surface area contributed by atoms with Gasteiger partial charge in [-0.3, -0.25) is 4.79 Å². The molecule has 1 aromatic carbocycles. The normalized spacial score (nSPS) is 14.1. The summed E-state index contributed by atoms with van der Waals surface area (Å²) >= 11 is 0. The van der Waals surface area contributed by atoms with Crippen molar-refractivity contribution in [2.24, 2.45) is 0 Å². The second-order valence-electron chi connectivity index (χ2n) is 5.53. The summed E-state index contributed by atoms with van der Waals surface area (Å²) in [4.78, 5) is 19.2. The van der Waals surface area contributed by atoms with Gasteiger partial charge >= 0.3 is 0 Å². The van der Waals surface area contributed by atoms with Gasteiger partial charge in [-0.25, -0.2) is 4.98 Å². The smallest absolute Gasteiger partial charge is 0.259 e. The summed E-state index contributed by atoms with van der Waals surface area (Å²) in [5.74, 6) is 1.64. The molecule has 0 atom stereocenters. The molecule has 1 aliphatic rings. The quantitative estimate of drug-likeness (QED) is 0.897. The van der Waals surface area contributed by atoms with Gasteiger partial charge in [0.05, 0.1) is 33.0 Å². The highest BCUT2D eigenvalue weighted by Gasteiger charge is 2.20. The van der Waals surface area contributed by atoms with E-state index in [-0.39, 0.29) is 5.91 Å². The molecular formula is C18H21N3O4. The number of amides is 1. The minimum atomic E-state index is -0.232. The fourth-order valence-electron chi connectivity index (χ4n) is 2.68. The SMILES string of the molecule is COc1cc(NC(=O)c2cccnc2N2CCOCC2)cc(OC)c1. The summed E-state index contributed by atoms with van der Waals surface area (Å²) in [5.41, 5.74) is 1.11. The Balaban J connectivity index is 1.84. The maximum absolute atomic E-state index is 12.8. The number of carbonyl (C=O) groups is 1. The molecule has 25 heavy (non-hydrogen) atoms. The summed E-state index contributed by atoms with van der Waals surface area (Å²) < 4.78 is 15.8. The molecule has 1 saturated heterocycles. The van der Waals surface area contributed by atoms with Gasteiger partial charge in [0.2, 0.25) is 0 Å². The molecule has 0 spiro atoms. The van der Waals surface area contributed by atoms with Crippen LogP contribution in [0, 0.1) is 0 Å². The van der Waals surface area contributed by atoms with E-state index in [0.717, 1.165) is 0 Å². The van der Waals surface area contributed by atoms with E-state index >= 15 is 0 Å². The van der Waals surface area contributed by atoms with Crippen LogP contribution < -0.4 is 19.7 Å². The van der Waals surface area contributed by atoms with Crippen molar-refractivity contribution < 1.29 is 19.0 Å². The highest BCUT2D eigenvalue weighted by molar-refractivity contribution is 6.07. The van der Waals surface area contributed by atoms with Gasteiger partial charge in [0.25, 0.3) is 5.91 Å². The highest BCUT2D eigenvalue weighted by Crippen LogP contribution is 2.27. The van der Waals surface area contributed by atoms with Crippen LogP contribution in [0.2, 0.25) is 0 Å². The largest absolute Gasteiger partial charge is 0.497 e. The lowest BCUT2D eigenvalue weighted by atomic mass is 10.2. The molecule has 2 aromatic rings. The number of methoxy groups -OCH3 is 2. The number of anilines is 2. The van der Waals surface area contributed by atoms with E-state index in [0.29, 0.717) is 54.9 Å². The zero-order valence-electron chi connectivity index (χ0n) is 14.3. The number of morpholine rings is 1. The molecule has 7 nitrogen and oxygen atoms in total. The van der Waals surface area contributed by atoms with Crippen LogP contribution in [0.4, 0.5) is 11.5 Å². The van der Waals surface area contributed by atoms with Gasteiger partial charge in [-0.2, -0.15) is 0 Å². The Hall–Kier alpha value is -2.80. The molecular weight excluding hydrogens is 322 g/mol. The van der Waals surface area contributed by atoms with Gasteiger partial charge in [0.1, 0.15) is 17.3 Å². The molecule has 0 saturated carbocycles. The summed E-state index contributed by atoms with van der Waals surface area (Å²) in [6.07, 6.45) is 1.69. The van der Waals surface area contributed by atoms with Crippen LogP contribution in [0.5, 0.6) is 11.5 Å². The molecule has 0 radical (unpaired) electrons. The third-order valence-electron chi connectivity index (χ3n) is 3.95. The van der Waals surface area contributed by atoms with Gasteiger partial charge in [0.15, 0.2) is 0 Å². The van der Waals surface area contributed by atoms with E-state index < -0.39 is 0 Å². The Labute approximate surface area is 146 Å². The van der Waals surface area contributed by atoms with Crippen molar-refractivity contribution in [1.29, 1.82) is 0 Å². The van der Waals surface area contributed by atoms with Crippen LogP contribution >= 0.6 is 0 Å². The number of benzene rings is 1.